The van der Waals surface area contributed by atoms with Crippen LogP contribution in [-0.4, -0.2) is 33.3 Å². The highest BCUT2D eigenvalue weighted by molar-refractivity contribution is 6.30. The standard InChI is InChI=1S/C16H16ClN5O/c1-9-8-22(5-4-10-2-3-11(17)6-12(9)10)16-19-14-13(7-18-21-14)15(23)20-16/h2-3,6-7,9H,4-5,8H2,1H3,(H2,18,19,20,21,23). The van der Waals surface area contributed by atoms with Crippen LogP contribution in [0, 0.1) is 0 Å². The third-order valence-corrected chi connectivity index (χ3v) is 4.63. The number of aromatic amines is 2. The van der Waals surface area contributed by atoms with E-state index >= 15 is 0 Å². The smallest absolute Gasteiger partial charge is 0.263 e. The monoisotopic (exact) mass is 329 g/mol. The van der Waals surface area contributed by atoms with Gasteiger partial charge in [-0.15, -0.1) is 0 Å². The first kappa shape index (κ1) is 14.3. The summed E-state index contributed by atoms with van der Waals surface area (Å²) in [6.45, 7) is 3.73. The van der Waals surface area contributed by atoms with Crippen LogP contribution in [0.3, 0.4) is 0 Å². The summed E-state index contributed by atoms with van der Waals surface area (Å²) in [5.41, 5.74) is 2.91. The molecule has 0 saturated heterocycles. The van der Waals surface area contributed by atoms with Gasteiger partial charge in [0.1, 0.15) is 5.39 Å². The number of anilines is 1. The number of hydrogen-bond donors (Lipinski definition) is 2. The first-order valence-corrected chi connectivity index (χ1v) is 7.96. The quantitative estimate of drug-likeness (QED) is 0.719. The molecule has 4 rings (SSSR count). The van der Waals surface area contributed by atoms with Crippen LogP contribution in [0.25, 0.3) is 11.0 Å². The molecule has 0 amide bonds. The van der Waals surface area contributed by atoms with Gasteiger partial charge < -0.3 is 4.90 Å². The largest absolute Gasteiger partial charge is 0.341 e. The molecule has 1 unspecified atom stereocenters. The number of benzene rings is 1. The highest BCUT2D eigenvalue weighted by atomic mass is 35.5. The van der Waals surface area contributed by atoms with Gasteiger partial charge in [0.15, 0.2) is 5.65 Å². The van der Waals surface area contributed by atoms with Crippen molar-refractivity contribution in [1.82, 2.24) is 20.2 Å². The normalized spacial score (nSPS) is 18.0. The maximum atomic E-state index is 12.1. The zero-order valence-corrected chi connectivity index (χ0v) is 13.4. The molecule has 3 aromatic rings. The summed E-state index contributed by atoms with van der Waals surface area (Å²) in [5, 5.41) is 7.89. The maximum Gasteiger partial charge on any atom is 0.263 e. The lowest BCUT2D eigenvalue weighted by molar-refractivity contribution is 0.698. The summed E-state index contributed by atoms with van der Waals surface area (Å²) in [4.78, 5) is 21.6. The Labute approximate surface area is 137 Å². The zero-order valence-electron chi connectivity index (χ0n) is 12.6. The Morgan fingerprint density at radius 2 is 2.26 bits per heavy atom. The van der Waals surface area contributed by atoms with Gasteiger partial charge in [-0.3, -0.25) is 14.9 Å². The number of rotatable bonds is 1. The highest BCUT2D eigenvalue weighted by Crippen LogP contribution is 2.29. The van der Waals surface area contributed by atoms with Gasteiger partial charge >= 0.3 is 0 Å². The fourth-order valence-corrected chi connectivity index (χ4v) is 3.38. The van der Waals surface area contributed by atoms with Gasteiger partial charge in [-0.1, -0.05) is 24.6 Å². The van der Waals surface area contributed by atoms with Gasteiger partial charge in [0, 0.05) is 18.1 Å². The summed E-state index contributed by atoms with van der Waals surface area (Å²) >= 11 is 6.14. The van der Waals surface area contributed by atoms with Crippen LogP contribution in [0.5, 0.6) is 0 Å². The van der Waals surface area contributed by atoms with Crippen molar-refractivity contribution in [3.05, 3.63) is 50.9 Å². The second kappa shape index (κ2) is 5.38. The van der Waals surface area contributed by atoms with E-state index in [0.29, 0.717) is 22.9 Å². The fraction of sp³-hybridized carbons (Fsp3) is 0.312. The molecule has 7 heteroatoms. The number of aromatic nitrogens is 4. The molecule has 0 spiro atoms. The molecule has 1 aromatic carbocycles. The number of fused-ring (bicyclic) bond motifs is 2. The minimum atomic E-state index is -0.170. The number of hydrogen-bond acceptors (Lipinski definition) is 4. The van der Waals surface area contributed by atoms with Gasteiger partial charge in [0.2, 0.25) is 5.95 Å². The topological polar surface area (TPSA) is 77.7 Å². The van der Waals surface area contributed by atoms with Crippen molar-refractivity contribution in [2.24, 2.45) is 0 Å². The van der Waals surface area contributed by atoms with Crippen LogP contribution in [-0.2, 0) is 6.42 Å². The van der Waals surface area contributed by atoms with Crippen LogP contribution in [0.1, 0.15) is 24.0 Å². The summed E-state index contributed by atoms with van der Waals surface area (Å²) in [6.07, 6.45) is 2.38. The molecule has 118 valence electrons. The van der Waals surface area contributed by atoms with Gasteiger partial charge in [0.25, 0.3) is 5.56 Å². The van der Waals surface area contributed by atoms with Crippen molar-refractivity contribution in [3.8, 4) is 0 Å². The molecule has 0 fully saturated rings. The second-order valence-electron chi connectivity index (χ2n) is 5.96. The Morgan fingerprint density at radius 1 is 1.39 bits per heavy atom. The van der Waals surface area contributed by atoms with Gasteiger partial charge in [0.05, 0.1) is 6.20 Å². The van der Waals surface area contributed by atoms with Crippen LogP contribution in [0.2, 0.25) is 5.02 Å². The van der Waals surface area contributed by atoms with E-state index in [-0.39, 0.29) is 5.56 Å². The van der Waals surface area contributed by atoms with Crippen molar-refractivity contribution in [3.63, 3.8) is 0 Å². The molecule has 1 atom stereocenters. The van der Waals surface area contributed by atoms with E-state index in [1.807, 2.05) is 12.1 Å². The first-order valence-electron chi connectivity index (χ1n) is 7.58. The molecule has 2 aromatic heterocycles. The van der Waals surface area contributed by atoms with Crippen molar-refractivity contribution < 1.29 is 0 Å². The predicted octanol–water partition coefficient (Wildman–Crippen LogP) is 2.47. The van der Waals surface area contributed by atoms with Gasteiger partial charge in [-0.25, -0.2) is 0 Å². The third-order valence-electron chi connectivity index (χ3n) is 4.39. The molecular formula is C16H16ClN5O. The summed E-state index contributed by atoms with van der Waals surface area (Å²) < 4.78 is 0. The first-order chi connectivity index (χ1) is 11.1. The highest BCUT2D eigenvalue weighted by Gasteiger charge is 2.22. The van der Waals surface area contributed by atoms with E-state index in [1.54, 1.807) is 0 Å². The van der Waals surface area contributed by atoms with E-state index < -0.39 is 0 Å². The van der Waals surface area contributed by atoms with E-state index in [2.05, 4.69) is 38.1 Å². The minimum absolute atomic E-state index is 0.170. The molecule has 0 saturated carbocycles. The molecular weight excluding hydrogens is 314 g/mol. The summed E-state index contributed by atoms with van der Waals surface area (Å²) in [7, 11) is 0. The summed E-state index contributed by atoms with van der Waals surface area (Å²) in [6, 6.07) is 6.06. The predicted molar refractivity (Wildman–Crippen MR) is 90.3 cm³/mol. The average Bonchev–Trinajstić information content (AvgIpc) is 2.94. The Bertz CT molecular complexity index is 932. The molecule has 1 aliphatic heterocycles. The molecule has 2 N–H and O–H groups in total. The van der Waals surface area contributed by atoms with E-state index in [1.165, 1.54) is 17.3 Å². The van der Waals surface area contributed by atoms with E-state index in [9.17, 15) is 4.79 Å². The van der Waals surface area contributed by atoms with Gasteiger partial charge in [-0.2, -0.15) is 10.1 Å². The van der Waals surface area contributed by atoms with Crippen molar-refractivity contribution in [2.75, 3.05) is 18.0 Å². The molecule has 23 heavy (non-hydrogen) atoms. The molecule has 6 nitrogen and oxygen atoms in total. The number of nitrogens with one attached hydrogen (secondary N) is 2. The number of H-pyrrole nitrogens is 2. The Balaban J connectivity index is 1.72. The SMILES string of the molecule is CC1CN(c2nc3[nH]ncc3c(=O)[nH]2)CCc2ccc(Cl)cc21. The van der Waals surface area contributed by atoms with Crippen molar-refractivity contribution in [1.29, 1.82) is 0 Å². The van der Waals surface area contributed by atoms with Crippen LogP contribution in [0.4, 0.5) is 5.95 Å². The van der Waals surface area contributed by atoms with E-state index in [0.717, 1.165) is 24.5 Å². The average molecular weight is 330 g/mol. The second-order valence-corrected chi connectivity index (χ2v) is 6.40. The third kappa shape index (κ3) is 2.49. The van der Waals surface area contributed by atoms with Crippen LogP contribution >= 0.6 is 11.6 Å². The molecule has 0 radical (unpaired) electrons. The van der Waals surface area contributed by atoms with Crippen LogP contribution < -0.4 is 10.5 Å². The number of nitrogens with zero attached hydrogens (tertiary/aromatic N) is 3. The number of halogens is 1. The summed E-state index contributed by atoms with van der Waals surface area (Å²) in [5.74, 6) is 0.881. The van der Waals surface area contributed by atoms with E-state index in [4.69, 9.17) is 11.6 Å². The Kier molecular flexibility index (Phi) is 3.34. The zero-order chi connectivity index (χ0) is 16.0. The molecule has 0 aliphatic carbocycles. The lowest BCUT2D eigenvalue weighted by Gasteiger charge is -2.23. The van der Waals surface area contributed by atoms with Crippen LogP contribution in [0.15, 0.2) is 29.2 Å². The lowest BCUT2D eigenvalue weighted by Crippen LogP contribution is -2.31. The van der Waals surface area contributed by atoms with Crippen molar-refractivity contribution in [2.45, 2.75) is 19.3 Å². The maximum absolute atomic E-state index is 12.1. The molecule has 0 bridgehead atoms. The van der Waals surface area contributed by atoms with Gasteiger partial charge in [-0.05, 0) is 35.6 Å². The molecule has 1 aliphatic rings. The fourth-order valence-electron chi connectivity index (χ4n) is 3.20. The van der Waals surface area contributed by atoms with Crippen molar-refractivity contribution >= 4 is 28.6 Å². The molecule has 3 heterocycles. The Hall–Kier alpha value is -2.34. The minimum Gasteiger partial charge on any atom is -0.341 e. The Morgan fingerprint density at radius 3 is 3.13 bits per heavy atom. The lowest BCUT2D eigenvalue weighted by atomic mass is 9.95.